The lowest BCUT2D eigenvalue weighted by atomic mass is 10.0. The highest BCUT2D eigenvalue weighted by molar-refractivity contribution is 5.78. The molecule has 6 nitrogen and oxygen atoms in total. The molecule has 3 amide bonds. The van der Waals surface area contributed by atoms with Gasteiger partial charge in [-0.2, -0.15) is 0 Å². The van der Waals surface area contributed by atoms with Crippen LogP contribution in [0.2, 0.25) is 0 Å². The molecule has 0 bridgehead atoms. The lowest BCUT2D eigenvalue weighted by Crippen LogP contribution is -2.53. The highest BCUT2D eigenvalue weighted by atomic mass is 16.2. The maximum absolute atomic E-state index is 12.7. The fraction of sp³-hybridized carbons (Fsp3) is 0.579. The molecule has 0 aromatic heterocycles. The van der Waals surface area contributed by atoms with Gasteiger partial charge in [-0.25, -0.2) is 4.79 Å². The average Bonchev–Trinajstić information content (AvgIpc) is 3.46. The smallest absolute Gasteiger partial charge is 0.317 e. The Morgan fingerprint density at radius 3 is 2.40 bits per heavy atom. The molecule has 1 atom stereocenters. The summed E-state index contributed by atoms with van der Waals surface area (Å²) < 4.78 is 0. The first-order valence-electron chi connectivity index (χ1n) is 9.27. The van der Waals surface area contributed by atoms with Crippen molar-refractivity contribution in [3.05, 3.63) is 35.9 Å². The van der Waals surface area contributed by atoms with Gasteiger partial charge >= 0.3 is 6.03 Å². The van der Waals surface area contributed by atoms with Gasteiger partial charge in [0.1, 0.15) is 0 Å². The highest BCUT2D eigenvalue weighted by Gasteiger charge is 2.34. The normalized spacial score (nSPS) is 19.3. The van der Waals surface area contributed by atoms with Crippen LogP contribution >= 0.6 is 0 Å². The molecule has 2 N–H and O–H groups in total. The molecule has 0 spiro atoms. The Bertz CT molecular complexity index is 580. The van der Waals surface area contributed by atoms with Crippen LogP contribution < -0.4 is 10.6 Å². The number of benzene rings is 1. The number of hydrogen-bond acceptors (Lipinski definition) is 3. The highest BCUT2D eigenvalue weighted by Crippen LogP contribution is 2.41. The molecule has 1 aromatic carbocycles. The molecule has 1 heterocycles. The SMILES string of the molecule is CCNC(=O)CN1CCN(C(=O)N[C@H](c2ccccc2)C2CC2)CC1. The molecule has 25 heavy (non-hydrogen) atoms. The van der Waals surface area contributed by atoms with Gasteiger partial charge in [-0.1, -0.05) is 30.3 Å². The molecule has 0 unspecified atom stereocenters. The van der Waals surface area contributed by atoms with Crippen molar-refractivity contribution < 1.29 is 9.59 Å². The van der Waals surface area contributed by atoms with Gasteiger partial charge in [0.15, 0.2) is 0 Å². The number of carbonyl (C=O) groups excluding carboxylic acids is 2. The van der Waals surface area contributed by atoms with Crippen LogP contribution in [0.15, 0.2) is 30.3 Å². The summed E-state index contributed by atoms with van der Waals surface area (Å²) in [5.41, 5.74) is 1.19. The summed E-state index contributed by atoms with van der Waals surface area (Å²) in [7, 11) is 0. The minimum atomic E-state index is 0.0124. The van der Waals surface area contributed by atoms with Crippen LogP contribution in [-0.2, 0) is 4.79 Å². The van der Waals surface area contributed by atoms with E-state index in [1.807, 2.05) is 30.0 Å². The monoisotopic (exact) mass is 344 g/mol. The standard InChI is InChI=1S/C19H28N4O2/c1-2-20-17(24)14-22-10-12-23(13-11-22)19(25)21-18(16-8-9-16)15-6-4-3-5-7-15/h3-7,16,18H,2,8-14H2,1H3,(H,20,24)(H,21,25)/t18-/m1/s1. The first-order valence-corrected chi connectivity index (χ1v) is 9.27. The third-order valence-corrected chi connectivity index (χ3v) is 4.93. The van der Waals surface area contributed by atoms with Crippen LogP contribution in [0, 0.1) is 5.92 Å². The van der Waals surface area contributed by atoms with Crippen LogP contribution in [0.3, 0.4) is 0 Å². The summed E-state index contributed by atoms with van der Waals surface area (Å²) >= 11 is 0. The van der Waals surface area contributed by atoms with Crippen molar-refractivity contribution in [2.75, 3.05) is 39.3 Å². The molecule has 1 saturated carbocycles. The molecule has 1 saturated heterocycles. The Morgan fingerprint density at radius 2 is 1.80 bits per heavy atom. The van der Waals surface area contributed by atoms with Crippen molar-refractivity contribution in [3.63, 3.8) is 0 Å². The number of hydrogen-bond donors (Lipinski definition) is 2. The second-order valence-corrected chi connectivity index (χ2v) is 6.89. The lowest BCUT2D eigenvalue weighted by Gasteiger charge is -2.35. The lowest BCUT2D eigenvalue weighted by molar-refractivity contribution is -0.122. The molecule has 1 aliphatic carbocycles. The molecular weight excluding hydrogens is 316 g/mol. The molecule has 2 fully saturated rings. The van der Waals surface area contributed by atoms with Crippen LogP contribution in [0.25, 0.3) is 0 Å². The van der Waals surface area contributed by atoms with E-state index in [1.54, 1.807) is 0 Å². The summed E-state index contributed by atoms with van der Waals surface area (Å²) in [5.74, 6) is 0.614. The third kappa shape index (κ3) is 4.95. The molecule has 1 aliphatic heterocycles. The maximum atomic E-state index is 12.7. The minimum Gasteiger partial charge on any atom is -0.355 e. The Kier molecular flexibility index (Phi) is 5.91. The van der Waals surface area contributed by atoms with Crippen molar-refractivity contribution in [2.24, 2.45) is 5.92 Å². The number of rotatable bonds is 6. The largest absolute Gasteiger partial charge is 0.355 e. The molecule has 2 aliphatic rings. The van der Waals surface area contributed by atoms with Crippen molar-refractivity contribution in [1.29, 1.82) is 0 Å². The number of piperazine rings is 1. The predicted octanol–water partition coefficient (Wildman–Crippen LogP) is 1.60. The second kappa shape index (κ2) is 8.34. The van der Waals surface area contributed by atoms with E-state index in [1.165, 1.54) is 18.4 Å². The van der Waals surface area contributed by atoms with E-state index in [9.17, 15) is 9.59 Å². The summed E-state index contributed by atoms with van der Waals surface area (Å²) in [6.45, 7) is 5.80. The maximum Gasteiger partial charge on any atom is 0.317 e. The number of amides is 3. The number of nitrogens with one attached hydrogen (secondary N) is 2. The number of urea groups is 1. The van der Waals surface area contributed by atoms with Gasteiger partial charge in [0.2, 0.25) is 5.91 Å². The Balaban J connectivity index is 1.49. The average molecular weight is 344 g/mol. The van der Waals surface area contributed by atoms with E-state index < -0.39 is 0 Å². The minimum absolute atomic E-state index is 0.0124. The van der Waals surface area contributed by atoms with Gasteiger partial charge in [-0.3, -0.25) is 9.69 Å². The van der Waals surface area contributed by atoms with E-state index in [0.29, 0.717) is 32.1 Å². The summed E-state index contributed by atoms with van der Waals surface area (Å²) in [5, 5.41) is 6.05. The predicted molar refractivity (Wildman–Crippen MR) is 97.1 cm³/mol. The van der Waals surface area contributed by atoms with E-state index in [2.05, 4.69) is 27.7 Å². The first-order chi connectivity index (χ1) is 12.2. The molecule has 3 rings (SSSR count). The Hall–Kier alpha value is -2.08. The third-order valence-electron chi connectivity index (χ3n) is 4.93. The van der Waals surface area contributed by atoms with Gasteiger partial charge in [-0.15, -0.1) is 0 Å². The van der Waals surface area contributed by atoms with Crippen molar-refractivity contribution in [2.45, 2.75) is 25.8 Å². The van der Waals surface area contributed by atoms with Gasteiger partial charge in [0.25, 0.3) is 0 Å². The van der Waals surface area contributed by atoms with E-state index in [-0.39, 0.29) is 18.0 Å². The Labute approximate surface area is 149 Å². The zero-order chi connectivity index (χ0) is 17.6. The summed E-state index contributed by atoms with van der Waals surface area (Å²) in [6, 6.07) is 10.4. The van der Waals surface area contributed by atoms with Gasteiger partial charge in [0, 0.05) is 32.7 Å². The zero-order valence-electron chi connectivity index (χ0n) is 14.9. The van der Waals surface area contributed by atoms with Gasteiger partial charge < -0.3 is 15.5 Å². The van der Waals surface area contributed by atoms with Crippen LogP contribution in [0.5, 0.6) is 0 Å². The van der Waals surface area contributed by atoms with Crippen molar-refractivity contribution in [3.8, 4) is 0 Å². The first kappa shape index (κ1) is 17.7. The molecule has 136 valence electrons. The van der Waals surface area contributed by atoms with Crippen LogP contribution in [0.4, 0.5) is 4.79 Å². The zero-order valence-corrected chi connectivity index (χ0v) is 14.9. The second-order valence-electron chi connectivity index (χ2n) is 6.89. The van der Waals surface area contributed by atoms with Crippen molar-refractivity contribution in [1.82, 2.24) is 20.4 Å². The van der Waals surface area contributed by atoms with Crippen LogP contribution in [0.1, 0.15) is 31.4 Å². The van der Waals surface area contributed by atoms with E-state index >= 15 is 0 Å². The van der Waals surface area contributed by atoms with Crippen LogP contribution in [-0.4, -0.2) is 61.0 Å². The topological polar surface area (TPSA) is 64.7 Å². The fourth-order valence-corrected chi connectivity index (χ4v) is 3.35. The molecule has 1 aromatic rings. The Morgan fingerprint density at radius 1 is 1.12 bits per heavy atom. The quantitative estimate of drug-likeness (QED) is 0.824. The van der Waals surface area contributed by atoms with Crippen molar-refractivity contribution >= 4 is 11.9 Å². The molecule has 0 radical (unpaired) electrons. The van der Waals surface area contributed by atoms with E-state index in [0.717, 1.165) is 13.1 Å². The summed E-state index contributed by atoms with van der Waals surface area (Å²) in [6.07, 6.45) is 2.36. The number of likely N-dealkylation sites (N-methyl/N-ethyl adjacent to an activating group) is 1. The number of nitrogens with zero attached hydrogens (tertiary/aromatic N) is 2. The molecule has 6 heteroatoms. The molecular formula is C19H28N4O2. The summed E-state index contributed by atoms with van der Waals surface area (Å²) in [4.78, 5) is 28.3. The number of carbonyl (C=O) groups is 2. The van der Waals surface area contributed by atoms with E-state index in [4.69, 9.17) is 0 Å². The fourth-order valence-electron chi connectivity index (χ4n) is 3.35. The van der Waals surface area contributed by atoms with Gasteiger partial charge in [0.05, 0.1) is 12.6 Å². The van der Waals surface area contributed by atoms with Gasteiger partial charge in [-0.05, 0) is 31.2 Å².